The van der Waals surface area contributed by atoms with Crippen molar-refractivity contribution >= 4 is 0 Å². The van der Waals surface area contributed by atoms with E-state index in [0.29, 0.717) is 5.92 Å². The van der Waals surface area contributed by atoms with Crippen LogP contribution in [0.15, 0.2) is 12.7 Å². The molecule has 0 heterocycles. The Bertz CT molecular complexity index is 101. The van der Waals surface area contributed by atoms with E-state index in [4.69, 9.17) is 10.5 Å². The van der Waals surface area contributed by atoms with Gasteiger partial charge in [0.25, 0.3) is 0 Å². The predicted molar refractivity (Wildman–Crippen MR) is 43.8 cm³/mol. The van der Waals surface area contributed by atoms with E-state index in [1.54, 1.807) is 13.2 Å². The Kier molecular flexibility index (Phi) is 4.32. The fourth-order valence-electron chi connectivity index (χ4n) is 1.01. The zero-order valence-electron chi connectivity index (χ0n) is 7.00. The van der Waals surface area contributed by atoms with Crippen LogP contribution in [0, 0.1) is 5.92 Å². The zero-order chi connectivity index (χ0) is 8.15. The van der Waals surface area contributed by atoms with Gasteiger partial charge in [-0.1, -0.05) is 19.9 Å². The van der Waals surface area contributed by atoms with Crippen molar-refractivity contribution in [3.05, 3.63) is 12.7 Å². The van der Waals surface area contributed by atoms with Crippen LogP contribution in [0.1, 0.15) is 13.8 Å². The summed E-state index contributed by atoms with van der Waals surface area (Å²) in [6, 6.07) is -0.0509. The number of nitrogens with two attached hydrogens (primary N) is 1. The fraction of sp³-hybridized carbons (Fsp3) is 0.750. The molecule has 60 valence electrons. The van der Waals surface area contributed by atoms with Crippen LogP contribution in [0.4, 0.5) is 0 Å². The minimum atomic E-state index is -0.0509. The Morgan fingerprint density at radius 3 is 2.10 bits per heavy atom. The lowest BCUT2D eigenvalue weighted by Gasteiger charge is -2.23. The molecule has 0 aromatic carbocycles. The molecule has 0 bridgehead atoms. The van der Waals surface area contributed by atoms with E-state index in [-0.39, 0.29) is 12.1 Å². The maximum absolute atomic E-state index is 5.69. The normalized spacial score (nSPS) is 16.9. The maximum atomic E-state index is 5.69. The molecule has 0 fully saturated rings. The molecule has 0 rings (SSSR count). The minimum absolute atomic E-state index is 0.0509. The Hall–Kier alpha value is -0.340. The van der Waals surface area contributed by atoms with Crippen molar-refractivity contribution in [2.75, 3.05) is 7.11 Å². The van der Waals surface area contributed by atoms with Crippen LogP contribution in [-0.2, 0) is 4.74 Å². The number of hydrogen-bond acceptors (Lipinski definition) is 2. The molecule has 2 N–H and O–H groups in total. The van der Waals surface area contributed by atoms with Gasteiger partial charge < -0.3 is 10.5 Å². The van der Waals surface area contributed by atoms with Gasteiger partial charge >= 0.3 is 0 Å². The maximum Gasteiger partial charge on any atom is 0.0780 e. The average Bonchev–Trinajstić information content (AvgIpc) is 1.88. The summed E-state index contributed by atoms with van der Waals surface area (Å²) in [5.74, 6) is 0.443. The molecule has 2 nitrogen and oxygen atoms in total. The van der Waals surface area contributed by atoms with Gasteiger partial charge in [0.2, 0.25) is 0 Å². The van der Waals surface area contributed by atoms with Gasteiger partial charge in [0.05, 0.1) is 6.10 Å². The number of ether oxygens (including phenoxy) is 1. The fourth-order valence-corrected chi connectivity index (χ4v) is 1.01. The summed E-state index contributed by atoms with van der Waals surface area (Å²) in [7, 11) is 1.67. The average molecular weight is 143 g/mol. The van der Waals surface area contributed by atoms with Gasteiger partial charge in [-0.3, -0.25) is 0 Å². The third-order valence-electron chi connectivity index (χ3n) is 1.58. The molecule has 2 unspecified atom stereocenters. The van der Waals surface area contributed by atoms with E-state index in [1.807, 2.05) is 0 Å². The highest BCUT2D eigenvalue weighted by atomic mass is 16.5. The Morgan fingerprint density at radius 2 is 2.00 bits per heavy atom. The first-order chi connectivity index (χ1) is 4.63. The van der Waals surface area contributed by atoms with E-state index in [2.05, 4.69) is 20.4 Å². The van der Waals surface area contributed by atoms with Gasteiger partial charge in [-0.05, 0) is 5.92 Å². The lowest BCUT2D eigenvalue weighted by atomic mass is 10.0. The molecule has 0 spiro atoms. The number of methoxy groups -OCH3 is 1. The lowest BCUT2D eigenvalue weighted by Crippen LogP contribution is -2.37. The molecular formula is C8H17NO. The second-order valence-electron chi connectivity index (χ2n) is 2.76. The summed E-state index contributed by atoms with van der Waals surface area (Å²) in [6.07, 6.45) is 1.81. The minimum Gasteiger partial charge on any atom is -0.379 e. The number of hydrogen-bond donors (Lipinski definition) is 1. The van der Waals surface area contributed by atoms with E-state index >= 15 is 0 Å². The van der Waals surface area contributed by atoms with Crippen LogP contribution >= 0.6 is 0 Å². The van der Waals surface area contributed by atoms with Crippen LogP contribution < -0.4 is 5.73 Å². The van der Waals surface area contributed by atoms with Gasteiger partial charge in [-0.25, -0.2) is 0 Å². The van der Waals surface area contributed by atoms with Crippen molar-refractivity contribution in [2.45, 2.75) is 26.0 Å². The summed E-state index contributed by atoms with van der Waals surface area (Å²) < 4.78 is 5.17. The highest BCUT2D eigenvalue weighted by molar-refractivity contribution is 4.90. The molecule has 10 heavy (non-hydrogen) atoms. The van der Waals surface area contributed by atoms with E-state index < -0.39 is 0 Å². The van der Waals surface area contributed by atoms with Crippen molar-refractivity contribution in [3.8, 4) is 0 Å². The topological polar surface area (TPSA) is 35.2 Å². The third kappa shape index (κ3) is 2.50. The summed E-state index contributed by atoms with van der Waals surface area (Å²) >= 11 is 0. The van der Waals surface area contributed by atoms with Crippen LogP contribution in [0.3, 0.4) is 0 Å². The first-order valence-electron chi connectivity index (χ1n) is 3.54. The lowest BCUT2D eigenvalue weighted by molar-refractivity contribution is 0.0554. The highest BCUT2D eigenvalue weighted by Crippen LogP contribution is 2.08. The van der Waals surface area contributed by atoms with Crippen LogP contribution in [-0.4, -0.2) is 19.3 Å². The van der Waals surface area contributed by atoms with Gasteiger partial charge in [-0.2, -0.15) is 0 Å². The highest BCUT2D eigenvalue weighted by Gasteiger charge is 2.17. The number of rotatable bonds is 4. The van der Waals surface area contributed by atoms with Gasteiger partial charge in [0.1, 0.15) is 0 Å². The second kappa shape index (κ2) is 4.47. The van der Waals surface area contributed by atoms with Crippen LogP contribution in [0.25, 0.3) is 0 Å². The molecule has 0 aliphatic rings. The van der Waals surface area contributed by atoms with Crippen molar-refractivity contribution < 1.29 is 4.74 Å². The van der Waals surface area contributed by atoms with Crippen molar-refractivity contribution in [1.29, 1.82) is 0 Å². The largest absolute Gasteiger partial charge is 0.379 e. The van der Waals surface area contributed by atoms with Crippen molar-refractivity contribution in [1.82, 2.24) is 0 Å². The van der Waals surface area contributed by atoms with Crippen molar-refractivity contribution in [2.24, 2.45) is 11.7 Å². The first-order valence-corrected chi connectivity index (χ1v) is 3.54. The smallest absolute Gasteiger partial charge is 0.0780 e. The molecule has 0 saturated heterocycles. The summed E-state index contributed by atoms with van der Waals surface area (Å²) in [5.41, 5.74) is 5.69. The van der Waals surface area contributed by atoms with Crippen LogP contribution in [0.5, 0.6) is 0 Å². The second-order valence-corrected chi connectivity index (χ2v) is 2.76. The molecule has 0 aliphatic heterocycles. The summed E-state index contributed by atoms with van der Waals surface area (Å²) in [4.78, 5) is 0. The standard InChI is InChI=1S/C8H17NO/c1-5-7(9)8(10-4)6(2)3/h5-8H,1,9H2,2-4H3. The van der Waals surface area contributed by atoms with E-state index in [0.717, 1.165) is 0 Å². The monoisotopic (exact) mass is 143 g/mol. The van der Waals surface area contributed by atoms with E-state index in [1.165, 1.54) is 0 Å². The molecule has 0 aromatic heterocycles. The van der Waals surface area contributed by atoms with Gasteiger partial charge in [0.15, 0.2) is 0 Å². The zero-order valence-corrected chi connectivity index (χ0v) is 7.00. The van der Waals surface area contributed by atoms with Crippen molar-refractivity contribution in [3.63, 3.8) is 0 Å². The molecule has 0 aliphatic carbocycles. The van der Waals surface area contributed by atoms with Crippen LogP contribution in [0.2, 0.25) is 0 Å². The summed E-state index contributed by atoms with van der Waals surface area (Å²) in [6.45, 7) is 7.77. The Morgan fingerprint density at radius 1 is 1.50 bits per heavy atom. The molecule has 0 amide bonds. The predicted octanol–water partition coefficient (Wildman–Crippen LogP) is 1.17. The van der Waals surface area contributed by atoms with Gasteiger partial charge in [0, 0.05) is 13.2 Å². The molecular weight excluding hydrogens is 126 g/mol. The quantitative estimate of drug-likeness (QED) is 0.599. The Labute approximate surface area is 63.1 Å². The van der Waals surface area contributed by atoms with E-state index in [9.17, 15) is 0 Å². The Balaban J connectivity index is 3.92. The molecule has 0 aromatic rings. The molecule has 2 heteroatoms. The molecule has 0 saturated carbocycles. The first kappa shape index (κ1) is 9.66. The van der Waals surface area contributed by atoms with Gasteiger partial charge in [-0.15, -0.1) is 6.58 Å². The molecule has 2 atom stereocenters. The SMILES string of the molecule is C=CC(N)C(OC)C(C)C. The summed E-state index contributed by atoms with van der Waals surface area (Å²) in [5, 5.41) is 0. The molecule has 0 radical (unpaired) electrons. The third-order valence-corrected chi connectivity index (χ3v) is 1.58.